The third kappa shape index (κ3) is 4.24. The number of rotatable bonds is 6. The Morgan fingerprint density at radius 1 is 1.38 bits per heavy atom. The highest BCUT2D eigenvalue weighted by molar-refractivity contribution is 7.98. The van der Waals surface area contributed by atoms with Crippen molar-refractivity contribution in [2.45, 2.75) is 25.1 Å². The van der Waals surface area contributed by atoms with E-state index in [2.05, 4.69) is 31.2 Å². The molecule has 0 radical (unpaired) electrons. The van der Waals surface area contributed by atoms with Crippen LogP contribution in [0.2, 0.25) is 0 Å². The number of hydrogen-bond acceptors (Lipinski definition) is 3. The number of benzene rings is 1. The molecule has 0 heterocycles. The van der Waals surface area contributed by atoms with E-state index in [0.717, 1.165) is 12.2 Å². The zero-order valence-corrected chi connectivity index (χ0v) is 10.2. The second-order valence-electron chi connectivity index (χ2n) is 3.63. The first-order chi connectivity index (χ1) is 7.63. The first-order valence-corrected chi connectivity index (χ1v) is 6.43. The maximum absolute atomic E-state index is 10.5. The topological polar surface area (TPSA) is 63.3 Å². The number of carboxylic acids is 1. The van der Waals surface area contributed by atoms with Gasteiger partial charge in [-0.1, -0.05) is 31.2 Å². The minimum absolute atomic E-state index is 0.449. The summed E-state index contributed by atoms with van der Waals surface area (Å²) in [6, 6.07) is 7.61. The van der Waals surface area contributed by atoms with E-state index in [-0.39, 0.29) is 0 Å². The van der Waals surface area contributed by atoms with Crippen LogP contribution in [-0.2, 0) is 17.0 Å². The molecule has 0 aromatic heterocycles. The number of thioether (sulfide) groups is 1. The molecule has 16 heavy (non-hydrogen) atoms. The molecule has 3 N–H and O–H groups in total. The third-order valence-corrected chi connectivity index (χ3v) is 3.45. The van der Waals surface area contributed by atoms with E-state index in [1.165, 1.54) is 11.1 Å². The molecule has 3 nitrogen and oxygen atoms in total. The Morgan fingerprint density at radius 2 is 1.94 bits per heavy atom. The van der Waals surface area contributed by atoms with Gasteiger partial charge in [0.15, 0.2) is 0 Å². The van der Waals surface area contributed by atoms with E-state index in [0.29, 0.717) is 5.75 Å². The Labute approximate surface area is 100 Å². The van der Waals surface area contributed by atoms with E-state index in [1.807, 2.05) is 0 Å². The van der Waals surface area contributed by atoms with Crippen molar-refractivity contribution in [3.8, 4) is 0 Å². The van der Waals surface area contributed by atoms with Gasteiger partial charge in [-0.2, -0.15) is 11.8 Å². The summed E-state index contributed by atoms with van der Waals surface area (Å²) < 4.78 is 0. The second kappa shape index (κ2) is 6.55. The lowest BCUT2D eigenvalue weighted by Crippen LogP contribution is -2.32. The molecule has 0 saturated carbocycles. The van der Waals surface area contributed by atoms with E-state index in [1.54, 1.807) is 11.8 Å². The molecule has 0 fully saturated rings. The molecule has 0 amide bonds. The van der Waals surface area contributed by atoms with Crippen LogP contribution in [-0.4, -0.2) is 22.9 Å². The molecule has 1 rings (SSSR count). The number of nitrogens with two attached hydrogens (primary N) is 1. The quantitative estimate of drug-likeness (QED) is 0.795. The summed E-state index contributed by atoms with van der Waals surface area (Å²) in [5.74, 6) is 0.323. The molecule has 1 aromatic rings. The number of carbonyl (C=O) groups is 1. The Hall–Kier alpha value is -1.00. The number of aryl methyl sites for hydroxylation is 1. The summed E-state index contributed by atoms with van der Waals surface area (Å²) in [5, 5.41) is 8.61. The van der Waals surface area contributed by atoms with Crippen molar-refractivity contribution in [2.24, 2.45) is 5.73 Å². The number of hydrogen-bond donors (Lipinski definition) is 2. The fraction of sp³-hybridized carbons (Fsp3) is 0.417. The lowest BCUT2D eigenvalue weighted by Gasteiger charge is -2.06. The Morgan fingerprint density at radius 3 is 2.44 bits per heavy atom. The Kier molecular flexibility index (Phi) is 5.35. The van der Waals surface area contributed by atoms with Gasteiger partial charge < -0.3 is 10.8 Å². The summed E-state index contributed by atoms with van der Waals surface area (Å²) in [7, 11) is 0. The highest BCUT2D eigenvalue weighted by Gasteiger charge is 2.10. The largest absolute Gasteiger partial charge is 0.480 e. The number of carboxylic acid groups (broad SMARTS) is 1. The van der Waals surface area contributed by atoms with Crippen molar-refractivity contribution in [1.82, 2.24) is 0 Å². The van der Waals surface area contributed by atoms with Gasteiger partial charge in [0, 0.05) is 11.5 Å². The first kappa shape index (κ1) is 13.1. The molecule has 0 aliphatic rings. The predicted octanol–water partition coefficient (Wildman–Crippen LogP) is 1.89. The zero-order valence-electron chi connectivity index (χ0n) is 9.35. The third-order valence-electron chi connectivity index (χ3n) is 2.31. The summed E-state index contributed by atoms with van der Waals surface area (Å²) in [6.07, 6.45) is 1.04. The van der Waals surface area contributed by atoms with Crippen molar-refractivity contribution >= 4 is 17.7 Å². The van der Waals surface area contributed by atoms with Gasteiger partial charge in [0.25, 0.3) is 0 Å². The Balaban J connectivity index is 2.34. The van der Waals surface area contributed by atoms with Crippen molar-refractivity contribution in [1.29, 1.82) is 0 Å². The molecule has 0 aliphatic heterocycles. The van der Waals surface area contributed by atoms with Crippen LogP contribution in [0.1, 0.15) is 18.1 Å². The van der Waals surface area contributed by atoms with Crippen LogP contribution in [0.5, 0.6) is 0 Å². The first-order valence-electron chi connectivity index (χ1n) is 5.27. The molecule has 0 bridgehead atoms. The van der Waals surface area contributed by atoms with Crippen LogP contribution in [0.15, 0.2) is 24.3 Å². The maximum atomic E-state index is 10.5. The Bertz CT molecular complexity index is 337. The van der Waals surface area contributed by atoms with Crippen LogP contribution in [0, 0.1) is 0 Å². The summed E-state index contributed by atoms with van der Waals surface area (Å²) >= 11 is 1.55. The molecule has 1 atom stereocenters. The molecular weight excluding hydrogens is 222 g/mol. The molecule has 4 heteroatoms. The van der Waals surface area contributed by atoms with Crippen LogP contribution in [0.3, 0.4) is 0 Å². The van der Waals surface area contributed by atoms with Crippen LogP contribution in [0.25, 0.3) is 0 Å². The molecule has 0 unspecified atom stereocenters. The van der Waals surface area contributed by atoms with Crippen LogP contribution < -0.4 is 5.73 Å². The van der Waals surface area contributed by atoms with Gasteiger partial charge in [0.1, 0.15) is 6.04 Å². The summed E-state index contributed by atoms with van der Waals surface area (Å²) in [5.41, 5.74) is 7.93. The zero-order chi connectivity index (χ0) is 12.0. The van der Waals surface area contributed by atoms with Crippen molar-refractivity contribution in [2.75, 3.05) is 5.75 Å². The van der Waals surface area contributed by atoms with Gasteiger partial charge in [0.2, 0.25) is 0 Å². The van der Waals surface area contributed by atoms with Crippen LogP contribution in [0.4, 0.5) is 0 Å². The molecule has 0 saturated heterocycles. The van der Waals surface area contributed by atoms with Gasteiger partial charge >= 0.3 is 5.97 Å². The summed E-state index contributed by atoms with van der Waals surface area (Å²) in [4.78, 5) is 10.5. The van der Waals surface area contributed by atoms with Gasteiger partial charge in [-0.3, -0.25) is 4.79 Å². The van der Waals surface area contributed by atoms with E-state index in [9.17, 15) is 4.79 Å². The molecule has 1 aromatic carbocycles. The highest BCUT2D eigenvalue weighted by Crippen LogP contribution is 2.14. The number of aliphatic carboxylic acids is 1. The van der Waals surface area contributed by atoms with Crippen LogP contribution >= 0.6 is 11.8 Å². The normalized spacial score (nSPS) is 12.4. The summed E-state index contributed by atoms with van der Waals surface area (Å²) in [6.45, 7) is 2.12. The lowest BCUT2D eigenvalue weighted by molar-refractivity contribution is -0.137. The van der Waals surface area contributed by atoms with Gasteiger partial charge in [-0.05, 0) is 17.5 Å². The molecule has 0 spiro atoms. The lowest BCUT2D eigenvalue weighted by atomic mass is 10.1. The van der Waals surface area contributed by atoms with Crippen molar-refractivity contribution in [3.63, 3.8) is 0 Å². The van der Waals surface area contributed by atoms with E-state index in [4.69, 9.17) is 10.8 Å². The smallest absolute Gasteiger partial charge is 0.321 e. The van der Waals surface area contributed by atoms with Gasteiger partial charge in [-0.25, -0.2) is 0 Å². The average Bonchev–Trinajstić information content (AvgIpc) is 2.29. The van der Waals surface area contributed by atoms with Gasteiger partial charge in [-0.15, -0.1) is 0 Å². The van der Waals surface area contributed by atoms with Crippen molar-refractivity contribution < 1.29 is 9.90 Å². The average molecular weight is 239 g/mol. The minimum Gasteiger partial charge on any atom is -0.480 e. The second-order valence-corrected chi connectivity index (χ2v) is 4.66. The molecule has 88 valence electrons. The standard InChI is InChI=1S/C12H17NO2S/c1-2-9-3-5-10(6-4-9)7-16-8-11(13)12(14)15/h3-6,11H,2,7-8,13H2,1H3,(H,14,15)/t11-/m0/s1. The minimum atomic E-state index is -0.936. The molecular formula is C12H17NO2S. The predicted molar refractivity (Wildman–Crippen MR) is 67.6 cm³/mol. The molecule has 0 aliphatic carbocycles. The van der Waals surface area contributed by atoms with E-state index < -0.39 is 12.0 Å². The maximum Gasteiger partial charge on any atom is 0.321 e. The highest BCUT2D eigenvalue weighted by atomic mass is 32.2. The van der Waals surface area contributed by atoms with Crippen molar-refractivity contribution in [3.05, 3.63) is 35.4 Å². The fourth-order valence-corrected chi connectivity index (χ4v) is 2.19. The monoisotopic (exact) mass is 239 g/mol. The fourth-order valence-electron chi connectivity index (χ4n) is 1.25. The SMILES string of the molecule is CCc1ccc(CSC[C@H](N)C(=O)O)cc1. The van der Waals surface area contributed by atoms with Gasteiger partial charge in [0.05, 0.1) is 0 Å². The van der Waals surface area contributed by atoms with E-state index >= 15 is 0 Å².